The molecule has 2 unspecified atom stereocenters. The van der Waals surface area contributed by atoms with E-state index in [4.69, 9.17) is 11.5 Å². The molecule has 0 radical (unpaired) electrons. The topological polar surface area (TPSA) is 129 Å². The number of hydrogen-bond acceptors (Lipinski definition) is 6. The van der Waals surface area contributed by atoms with Gasteiger partial charge in [0.05, 0.1) is 18.3 Å². The Morgan fingerprint density at radius 2 is 1.88 bits per heavy atom. The van der Waals surface area contributed by atoms with Gasteiger partial charge in [0.2, 0.25) is 5.60 Å². The van der Waals surface area contributed by atoms with Gasteiger partial charge in [-0.25, -0.2) is 14.8 Å². The predicted molar refractivity (Wildman–Crippen MR) is 98.2 cm³/mol. The number of aliphatic hydroxyl groups is 1. The Bertz CT molecular complexity index is 941. The van der Waals surface area contributed by atoms with Gasteiger partial charge in [-0.15, -0.1) is 0 Å². The molecular weight excluding hydrogens is 444 g/mol. The predicted octanol–water partition coefficient (Wildman–Crippen LogP) is 0.719. The van der Waals surface area contributed by atoms with Gasteiger partial charge in [0.15, 0.2) is 5.69 Å². The molecule has 3 rings (SSSR count). The van der Waals surface area contributed by atoms with Crippen molar-refractivity contribution in [3.63, 3.8) is 0 Å². The summed E-state index contributed by atoms with van der Waals surface area (Å²) >= 11 is 0. The van der Waals surface area contributed by atoms with Crippen LogP contribution in [-0.2, 0) is 17.4 Å². The van der Waals surface area contributed by atoms with E-state index >= 15 is 0 Å². The standard InChI is InChI=1S/C19H21F6N5O2/c20-18(21,22)12-8-28-11(7-29-12)5-9-2-1-3-10(4-9)15(26)14-16(27)30-13(31)6-17(14,32)19(23,24)25/h7-10,32H,1-6,26H2,(H2,27,30,31)/p+1/t9?,10-,17?/m0/s1. The first-order valence-electron chi connectivity index (χ1n) is 9.82. The number of nitrogens with zero attached hydrogens (tertiary/aromatic N) is 2. The van der Waals surface area contributed by atoms with Crippen molar-refractivity contribution in [2.75, 3.05) is 0 Å². The van der Waals surface area contributed by atoms with Crippen molar-refractivity contribution in [1.29, 1.82) is 0 Å². The largest absolute Gasteiger partial charge is 0.434 e. The molecule has 1 amide bonds. The van der Waals surface area contributed by atoms with Crippen LogP contribution in [-0.4, -0.2) is 38.6 Å². The van der Waals surface area contributed by atoms with Crippen molar-refractivity contribution in [1.82, 2.24) is 9.97 Å². The van der Waals surface area contributed by atoms with E-state index in [1.165, 1.54) is 0 Å². The Kier molecular flexibility index (Phi) is 6.24. The highest BCUT2D eigenvalue weighted by Crippen LogP contribution is 2.43. The number of hydrogen-bond donors (Lipinski definition) is 4. The first-order valence-corrected chi connectivity index (χ1v) is 9.82. The summed E-state index contributed by atoms with van der Waals surface area (Å²) in [6.45, 7) is 0. The van der Waals surface area contributed by atoms with Crippen LogP contribution in [0, 0.1) is 11.8 Å². The van der Waals surface area contributed by atoms with Gasteiger partial charge in [-0.2, -0.15) is 26.3 Å². The van der Waals surface area contributed by atoms with E-state index in [1.807, 2.05) is 0 Å². The van der Waals surface area contributed by atoms with Gasteiger partial charge < -0.3 is 10.8 Å². The SMILES string of the molecule is NC1=[NH+]C(=O)CC(O)(C(F)(F)F)C1=C(N)[C@H]1CCCC(Cc2cnc(C(F)(F)F)cn2)C1. The smallest absolute Gasteiger partial charge is 0.401 e. The molecule has 0 bridgehead atoms. The average molecular weight is 466 g/mol. The lowest BCUT2D eigenvalue weighted by molar-refractivity contribution is -0.392. The number of rotatable bonds is 3. The number of nitrogens with one attached hydrogen (secondary N) is 1. The van der Waals surface area contributed by atoms with Crippen molar-refractivity contribution in [3.05, 3.63) is 35.1 Å². The number of amidine groups is 1. The van der Waals surface area contributed by atoms with Gasteiger partial charge >= 0.3 is 18.3 Å². The van der Waals surface area contributed by atoms with Gasteiger partial charge in [0.1, 0.15) is 5.57 Å². The first kappa shape index (κ1) is 24.0. The van der Waals surface area contributed by atoms with Crippen molar-refractivity contribution in [2.24, 2.45) is 23.3 Å². The van der Waals surface area contributed by atoms with Crippen LogP contribution in [0.2, 0.25) is 0 Å². The highest BCUT2D eigenvalue weighted by Gasteiger charge is 2.62. The van der Waals surface area contributed by atoms with Crippen LogP contribution in [0.5, 0.6) is 0 Å². The fourth-order valence-electron chi connectivity index (χ4n) is 4.30. The molecule has 7 nitrogen and oxygen atoms in total. The molecule has 0 saturated heterocycles. The molecule has 3 atom stereocenters. The maximum absolute atomic E-state index is 13.6. The molecule has 0 aromatic carbocycles. The summed E-state index contributed by atoms with van der Waals surface area (Å²) in [5.74, 6) is -2.43. The van der Waals surface area contributed by atoms with Crippen LogP contribution < -0.4 is 16.5 Å². The lowest BCUT2D eigenvalue weighted by Crippen LogP contribution is -2.85. The molecule has 2 heterocycles. The number of carbonyl (C=O) groups excluding carboxylic acids is 1. The number of carbonyl (C=O) groups is 1. The Hall–Kier alpha value is -2.70. The maximum Gasteiger partial charge on any atom is 0.434 e. The Morgan fingerprint density at radius 3 is 2.44 bits per heavy atom. The van der Waals surface area contributed by atoms with Crippen molar-refractivity contribution in [3.8, 4) is 0 Å². The summed E-state index contributed by atoms with van der Waals surface area (Å²) in [4.78, 5) is 20.9. The summed E-state index contributed by atoms with van der Waals surface area (Å²) in [5, 5.41) is 10.4. The zero-order valence-electron chi connectivity index (χ0n) is 16.7. The minimum absolute atomic E-state index is 0.127. The third-order valence-corrected chi connectivity index (χ3v) is 5.85. The first-order chi connectivity index (χ1) is 14.7. The van der Waals surface area contributed by atoms with Crippen molar-refractivity contribution < 1.29 is 41.2 Å². The van der Waals surface area contributed by atoms with Crippen LogP contribution in [0.25, 0.3) is 0 Å². The van der Waals surface area contributed by atoms with Crippen molar-refractivity contribution in [2.45, 2.75) is 56.5 Å². The van der Waals surface area contributed by atoms with E-state index in [2.05, 4.69) is 15.0 Å². The monoisotopic (exact) mass is 466 g/mol. The number of nitrogens with two attached hydrogens (primary N) is 2. The second-order valence-electron chi connectivity index (χ2n) is 8.15. The Balaban J connectivity index is 1.84. The van der Waals surface area contributed by atoms with E-state index < -0.39 is 53.3 Å². The zero-order chi connectivity index (χ0) is 23.9. The summed E-state index contributed by atoms with van der Waals surface area (Å²) < 4.78 is 78.9. The van der Waals surface area contributed by atoms with Crippen LogP contribution in [0.4, 0.5) is 26.3 Å². The number of aromatic nitrogens is 2. The third-order valence-electron chi connectivity index (χ3n) is 5.85. The van der Waals surface area contributed by atoms with Gasteiger partial charge in [-0.1, -0.05) is 12.8 Å². The number of halogens is 6. The molecule has 32 heavy (non-hydrogen) atoms. The molecule has 1 aromatic heterocycles. The molecule has 1 saturated carbocycles. The van der Waals surface area contributed by atoms with Gasteiger partial charge in [-0.05, 0) is 31.1 Å². The lowest BCUT2D eigenvalue weighted by atomic mass is 9.74. The molecule has 2 aliphatic rings. The minimum atomic E-state index is -5.18. The fourth-order valence-corrected chi connectivity index (χ4v) is 4.30. The molecule has 0 spiro atoms. The van der Waals surface area contributed by atoms with Gasteiger partial charge in [0, 0.05) is 11.9 Å². The lowest BCUT2D eigenvalue weighted by Gasteiger charge is -2.36. The summed E-state index contributed by atoms with van der Waals surface area (Å²) in [7, 11) is 0. The molecule has 13 heteroatoms. The minimum Gasteiger partial charge on any atom is -0.401 e. The molecule has 1 aliphatic carbocycles. The van der Waals surface area contributed by atoms with Gasteiger partial charge in [0.25, 0.3) is 5.84 Å². The normalized spacial score (nSPS) is 29.0. The Labute approximate surface area is 178 Å². The summed E-state index contributed by atoms with van der Waals surface area (Å²) in [6, 6.07) is 0. The highest BCUT2D eigenvalue weighted by molar-refractivity contribution is 6.00. The number of allylic oxidation sites excluding steroid dienone is 1. The molecule has 1 aliphatic heterocycles. The highest BCUT2D eigenvalue weighted by atomic mass is 19.4. The fraction of sp³-hybridized carbons (Fsp3) is 0.579. The second kappa shape index (κ2) is 8.34. The third kappa shape index (κ3) is 4.71. The molecule has 176 valence electrons. The molecular formula is C19H22F6N5O2+. The zero-order valence-corrected chi connectivity index (χ0v) is 16.7. The summed E-state index contributed by atoms with van der Waals surface area (Å²) in [5.41, 5.74) is 6.39. The summed E-state index contributed by atoms with van der Waals surface area (Å²) in [6.07, 6.45) is -7.12. The van der Waals surface area contributed by atoms with Crippen LogP contribution in [0.1, 0.15) is 43.5 Å². The molecule has 1 aromatic rings. The van der Waals surface area contributed by atoms with Gasteiger partial charge in [-0.3, -0.25) is 10.7 Å². The molecule has 6 N–H and O–H groups in total. The van der Waals surface area contributed by atoms with Crippen LogP contribution in [0.3, 0.4) is 0 Å². The van der Waals surface area contributed by atoms with Crippen LogP contribution >= 0.6 is 0 Å². The van der Waals surface area contributed by atoms with Crippen LogP contribution in [0.15, 0.2) is 23.7 Å². The van der Waals surface area contributed by atoms with E-state index in [0.717, 1.165) is 6.20 Å². The maximum atomic E-state index is 13.6. The van der Waals surface area contributed by atoms with E-state index in [1.54, 1.807) is 0 Å². The second-order valence-corrected chi connectivity index (χ2v) is 8.15. The Morgan fingerprint density at radius 1 is 1.19 bits per heavy atom. The quantitative estimate of drug-likeness (QED) is 0.486. The van der Waals surface area contributed by atoms with E-state index in [-0.39, 0.29) is 18.0 Å². The number of amides is 1. The number of alkyl halides is 6. The van der Waals surface area contributed by atoms with E-state index in [9.17, 15) is 36.2 Å². The van der Waals surface area contributed by atoms with Crippen molar-refractivity contribution >= 4 is 11.7 Å². The molecule has 1 fully saturated rings. The average Bonchev–Trinajstić information content (AvgIpc) is 2.66. The van der Waals surface area contributed by atoms with E-state index in [0.29, 0.717) is 37.6 Å².